The number of fused-ring (bicyclic) bond motifs is 3. The van der Waals surface area contributed by atoms with E-state index in [9.17, 15) is 4.79 Å². The lowest BCUT2D eigenvalue weighted by Crippen LogP contribution is -2.24. The number of ether oxygens (including phenoxy) is 2. The SMILES string of the molecule is O=C(/C=C/c1ccc2c(c1)OCO2)NCCCNc1c2c(nc3ccccc13)CCCC2. The maximum absolute atomic E-state index is 12.2. The zero-order valence-corrected chi connectivity index (χ0v) is 18.0. The van der Waals surface area contributed by atoms with E-state index in [1.165, 1.54) is 35.2 Å². The van der Waals surface area contributed by atoms with E-state index in [0.717, 1.165) is 42.6 Å². The van der Waals surface area contributed by atoms with Crippen molar-refractivity contribution in [1.82, 2.24) is 10.3 Å². The average Bonchev–Trinajstić information content (AvgIpc) is 3.30. The molecule has 0 saturated heterocycles. The number of aryl methyl sites for hydroxylation is 1. The molecule has 1 amide bonds. The molecule has 0 spiro atoms. The van der Waals surface area contributed by atoms with Crippen molar-refractivity contribution in [1.29, 1.82) is 0 Å². The van der Waals surface area contributed by atoms with E-state index in [1.54, 1.807) is 12.2 Å². The molecule has 0 unspecified atom stereocenters. The minimum atomic E-state index is -0.102. The van der Waals surface area contributed by atoms with E-state index in [0.29, 0.717) is 12.3 Å². The molecule has 164 valence electrons. The van der Waals surface area contributed by atoms with E-state index < -0.39 is 0 Å². The summed E-state index contributed by atoms with van der Waals surface area (Å²) in [6, 6.07) is 14.0. The molecule has 6 nitrogen and oxygen atoms in total. The predicted molar refractivity (Wildman–Crippen MR) is 126 cm³/mol. The summed E-state index contributed by atoms with van der Waals surface area (Å²) >= 11 is 0. The number of amides is 1. The fourth-order valence-corrected chi connectivity index (χ4v) is 4.34. The summed E-state index contributed by atoms with van der Waals surface area (Å²) in [7, 11) is 0. The van der Waals surface area contributed by atoms with Crippen molar-refractivity contribution in [3.63, 3.8) is 0 Å². The van der Waals surface area contributed by atoms with Gasteiger partial charge < -0.3 is 20.1 Å². The van der Waals surface area contributed by atoms with E-state index in [-0.39, 0.29) is 12.7 Å². The van der Waals surface area contributed by atoms with Gasteiger partial charge in [0.25, 0.3) is 0 Å². The summed E-state index contributed by atoms with van der Waals surface area (Å²) in [5.41, 5.74) is 5.78. The standard InChI is InChI=1S/C26H27N3O3/c30-25(13-11-18-10-12-23-24(16-18)32-17-31-23)27-14-5-15-28-26-19-6-1-3-8-21(19)29-22-9-4-2-7-20(22)26/h1,3,6,8,10-13,16H,2,4-5,7,9,14-15,17H2,(H,27,30)(H,28,29)/b13-11+. The van der Waals surface area contributed by atoms with Crippen LogP contribution in [0.5, 0.6) is 11.5 Å². The first-order valence-electron chi connectivity index (χ1n) is 11.3. The lowest BCUT2D eigenvalue weighted by atomic mass is 9.92. The van der Waals surface area contributed by atoms with Gasteiger partial charge in [-0.1, -0.05) is 24.3 Å². The molecule has 32 heavy (non-hydrogen) atoms. The lowest BCUT2D eigenvalue weighted by Gasteiger charge is -2.21. The summed E-state index contributed by atoms with van der Waals surface area (Å²) < 4.78 is 10.7. The molecule has 1 aromatic heterocycles. The quantitative estimate of drug-likeness (QED) is 0.428. The third kappa shape index (κ3) is 4.40. The summed E-state index contributed by atoms with van der Waals surface area (Å²) in [5.74, 6) is 1.35. The van der Waals surface area contributed by atoms with Crippen LogP contribution in [0, 0.1) is 0 Å². The normalized spacial score (nSPS) is 14.5. The maximum atomic E-state index is 12.2. The third-order valence-electron chi connectivity index (χ3n) is 5.95. The van der Waals surface area contributed by atoms with Gasteiger partial charge in [0.1, 0.15) is 0 Å². The number of hydrogen-bond donors (Lipinski definition) is 2. The van der Waals surface area contributed by atoms with Gasteiger partial charge in [0.2, 0.25) is 12.7 Å². The molecule has 0 fully saturated rings. The Hall–Kier alpha value is -3.54. The summed E-state index contributed by atoms with van der Waals surface area (Å²) in [6.07, 6.45) is 8.74. The zero-order valence-electron chi connectivity index (χ0n) is 18.0. The van der Waals surface area contributed by atoms with Crippen molar-refractivity contribution >= 4 is 28.6 Å². The number of carbonyl (C=O) groups is 1. The van der Waals surface area contributed by atoms with Crippen molar-refractivity contribution in [2.24, 2.45) is 0 Å². The van der Waals surface area contributed by atoms with E-state index >= 15 is 0 Å². The van der Waals surface area contributed by atoms with Crippen molar-refractivity contribution in [3.8, 4) is 11.5 Å². The van der Waals surface area contributed by atoms with E-state index in [2.05, 4.69) is 28.8 Å². The summed E-state index contributed by atoms with van der Waals surface area (Å²) in [4.78, 5) is 17.1. The molecular weight excluding hydrogens is 402 g/mol. The second kappa shape index (κ2) is 9.30. The van der Waals surface area contributed by atoms with Crippen LogP contribution in [0.25, 0.3) is 17.0 Å². The number of anilines is 1. The molecule has 6 heteroatoms. The van der Waals surface area contributed by atoms with Crippen LogP contribution in [0.3, 0.4) is 0 Å². The largest absolute Gasteiger partial charge is 0.454 e. The average molecular weight is 430 g/mol. The van der Waals surface area contributed by atoms with Gasteiger partial charge in [0.15, 0.2) is 11.5 Å². The second-order valence-corrected chi connectivity index (χ2v) is 8.15. The van der Waals surface area contributed by atoms with Crippen LogP contribution in [0.2, 0.25) is 0 Å². The molecule has 5 rings (SSSR count). The molecule has 2 N–H and O–H groups in total. The van der Waals surface area contributed by atoms with E-state index in [1.807, 2.05) is 24.3 Å². The van der Waals surface area contributed by atoms with E-state index in [4.69, 9.17) is 14.5 Å². The Morgan fingerprint density at radius 2 is 1.91 bits per heavy atom. The molecule has 0 radical (unpaired) electrons. The lowest BCUT2D eigenvalue weighted by molar-refractivity contribution is -0.116. The van der Waals surface area contributed by atoms with Gasteiger partial charge in [-0.05, 0) is 67.5 Å². The highest BCUT2D eigenvalue weighted by Crippen LogP contribution is 2.34. The smallest absolute Gasteiger partial charge is 0.244 e. The first-order valence-corrected chi connectivity index (χ1v) is 11.3. The minimum Gasteiger partial charge on any atom is -0.454 e. The van der Waals surface area contributed by atoms with Crippen LogP contribution in [-0.2, 0) is 17.6 Å². The number of nitrogens with one attached hydrogen (secondary N) is 2. The Labute approximate surface area is 187 Å². The van der Waals surface area contributed by atoms with Gasteiger partial charge in [0.05, 0.1) is 5.52 Å². The predicted octanol–water partition coefficient (Wildman–Crippen LogP) is 4.47. The minimum absolute atomic E-state index is 0.102. The molecule has 0 bridgehead atoms. The fraction of sp³-hybridized carbons (Fsp3) is 0.308. The first-order chi connectivity index (χ1) is 15.8. The molecular formula is C26H27N3O3. The number of para-hydroxylation sites is 1. The maximum Gasteiger partial charge on any atom is 0.244 e. The Balaban J connectivity index is 1.14. The summed E-state index contributed by atoms with van der Waals surface area (Å²) in [6.45, 7) is 1.66. The van der Waals surface area contributed by atoms with Crippen molar-refractivity contribution in [2.45, 2.75) is 32.1 Å². The molecule has 0 saturated carbocycles. The van der Waals surface area contributed by atoms with Crippen LogP contribution < -0.4 is 20.1 Å². The Bertz CT molecular complexity index is 1170. The number of nitrogens with zero attached hydrogens (tertiary/aromatic N) is 1. The Kier molecular flexibility index (Phi) is 5.92. The molecule has 1 aliphatic carbocycles. The first kappa shape index (κ1) is 20.4. The number of aromatic nitrogens is 1. The van der Waals surface area contributed by atoms with Gasteiger partial charge in [-0.15, -0.1) is 0 Å². The van der Waals surface area contributed by atoms with Crippen LogP contribution in [0.4, 0.5) is 5.69 Å². The zero-order chi connectivity index (χ0) is 21.8. The highest BCUT2D eigenvalue weighted by molar-refractivity contribution is 5.93. The number of benzene rings is 2. The second-order valence-electron chi connectivity index (χ2n) is 8.15. The number of hydrogen-bond acceptors (Lipinski definition) is 5. The van der Waals surface area contributed by atoms with Crippen molar-refractivity contribution in [2.75, 3.05) is 25.2 Å². The molecule has 2 heterocycles. The van der Waals surface area contributed by atoms with Gasteiger partial charge in [-0.2, -0.15) is 0 Å². The monoisotopic (exact) mass is 429 g/mol. The summed E-state index contributed by atoms with van der Waals surface area (Å²) in [5, 5.41) is 7.78. The van der Waals surface area contributed by atoms with Crippen molar-refractivity contribution < 1.29 is 14.3 Å². The Morgan fingerprint density at radius 1 is 1.03 bits per heavy atom. The topological polar surface area (TPSA) is 72.5 Å². The van der Waals surface area contributed by atoms with Crippen LogP contribution in [0.15, 0.2) is 48.5 Å². The molecule has 2 aliphatic rings. The number of rotatable bonds is 7. The molecule has 2 aromatic carbocycles. The van der Waals surface area contributed by atoms with Gasteiger partial charge in [0, 0.05) is 35.9 Å². The molecule has 3 aromatic rings. The number of pyridine rings is 1. The van der Waals surface area contributed by atoms with Gasteiger partial charge >= 0.3 is 0 Å². The van der Waals surface area contributed by atoms with Crippen LogP contribution >= 0.6 is 0 Å². The van der Waals surface area contributed by atoms with Crippen LogP contribution in [-0.4, -0.2) is 30.8 Å². The fourth-order valence-electron chi connectivity index (χ4n) is 4.34. The van der Waals surface area contributed by atoms with Crippen LogP contribution in [0.1, 0.15) is 36.1 Å². The highest BCUT2D eigenvalue weighted by Gasteiger charge is 2.17. The third-order valence-corrected chi connectivity index (χ3v) is 5.95. The Morgan fingerprint density at radius 3 is 2.88 bits per heavy atom. The van der Waals surface area contributed by atoms with Gasteiger partial charge in [-0.25, -0.2) is 0 Å². The number of carbonyl (C=O) groups excluding carboxylic acids is 1. The van der Waals surface area contributed by atoms with Crippen molar-refractivity contribution in [3.05, 3.63) is 65.4 Å². The highest BCUT2D eigenvalue weighted by atomic mass is 16.7. The molecule has 0 atom stereocenters. The molecule has 1 aliphatic heterocycles. The van der Waals surface area contributed by atoms with Gasteiger partial charge in [-0.3, -0.25) is 9.78 Å².